The van der Waals surface area contributed by atoms with Crippen molar-refractivity contribution in [1.82, 2.24) is 13.5 Å². The van der Waals surface area contributed by atoms with Crippen molar-refractivity contribution >= 4 is 91.1 Å². The van der Waals surface area contributed by atoms with Gasteiger partial charge in [-0.25, -0.2) is 21.1 Å². The molecule has 7 aromatic rings. The number of benzene rings is 6. The minimum Gasteiger partial charge on any atom is -0.481 e. The molecule has 6 aromatic carbocycles. The molecule has 4 aliphatic rings. The summed E-state index contributed by atoms with van der Waals surface area (Å²) in [7, 11) is -18.6. The number of hydrogen-bond acceptors (Lipinski definition) is 14. The number of carboxylic acid groups (broad SMARTS) is 1. The number of piperazine rings is 1. The number of carbonyl (C=O) groups excluding carboxylic acids is 2. The van der Waals surface area contributed by atoms with Gasteiger partial charge in [-0.1, -0.05) is 81.8 Å². The molecular weight excluding hydrogens is 1200 g/mol. The van der Waals surface area contributed by atoms with Gasteiger partial charge >= 0.3 is 5.97 Å². The second-order valence-electron chi connectivity index (χ2n) is 23.7. The number of pyridine rings is 1. The van der Waals surface area contributed by atoms with Crippen LogP contribution in [0.4, 0.5) is 5.69 Å². The number of fused-ring (bicyclic) bond motifs is 6. The molecule has 0 aliphatic carbocycles. The van der Waals surface area contributed by atoms with Gasteiger partial charge in [-0.05, 0) is 92.4 Å². The molecule has 0 saturated carbocycles. The highest BCUT2D eigenvalue weighted by Gasteiger charge is 2.46. The van der Waals surface area contributed by atoms with E-state index in [1.807, 2.05) is 39.2 Å². The monoisotopic (exact) mass is 1260 g/mol. The predicted molar refractivity (Wildman–Crippen MR) is 324 cm³/mol. The van der Waals surface area contributed by atoms with E-state index in [4.69, 9.17) is 4.74 Å². The minimum absolute atomic E-state index is 0.00611. The second-order valence-corrected chi connectivity index (χ2v) is 30.4. The number of nitrogens with zero attached hydrogens (tertiary/aromatic N) is 5. The number of anilines is 1. The van der Waals surface area contributed by atoms with Crippen molar-refractivity contribution in [3.63, 3.8) is 0 Å². The van der Waals surface area contributed by atoms with Crippen LogP contribution in [0.1, 0.15) is 109 Å². The van der Waals surface area contributed by atoms with E-state index in [2.05, 4.69) is 10.3 Å². The van der Waals surface area contributed by atoms with Crippen LogP contribution < -0.4 is 25.2 Å². The lowest BCUT2D eigenvalue weighted by atomic mass is 9.78. The Bertz CT molecular complexity index is 4640. The number of aromatic nitrogens is 1. The Hall–Kier alpha value is -7.65. The molecule has 4 N–H and O–H groups in total. The lowest BCUT2D eigenvalue weighted by molar-refractivity contribution is -0.645. The fraction of sp³-hybridized carbons (Fsp3) is 0.339. The smallest absolute Gasteiger partial charge is 0.303 e. The summed E-state index contributed by atoms with van der Waals surface area (Å²) in [5.74, 6) is -3.45. The Morgan fingerprint density at radius 1 is 0.736 bits per heavy atom. The fourth-order valence-electron chi connectivity index (χ4n) is 12.3. The Kier molecular flexibility index (Phi) is 15.3. The summed E-state index contributed by atoms with van der Waals surface area (Å²) in [5, 5.41) is 13.6. The summed E-state index contributed by atoms with van der Waals surface area (Å²) in [5.41, 5.74) is 2.74. The number of hydrogen-bond donors (Lipinski definition) is 4. The van der Waals surface area contributed by atoms with Crippen molar-refractivity contribution in [2.45, 2.75) is 112 Å². The Morgan fingerprint density at radius 3 is 1.92 bits per heavy atom. The van der Waals surface area contributed by atoms with Gasteiger partial charge in [0.15, 0.2) is 27.8 Å². The van der Waals surface area contributed by atoms with E-state index < -0.39 is 97.0 Å². The van der Waals surface area contributed by atoms with Crippen LogP contribution in [0.3, 0.4) is 0 Å². The zero-order valence-corrected chi connectivity index (χ0v) is 52.0. The first-order valence-corrected chi connectivity index (χ1v) is 34.2. The largest absolute Gasteiger partial charge is 0.481 e. The lowest BCUT2D eigenvalue weighted by Crippen LogP contribution is -2.51. The second kappa shape index (κ2) is 21.9. The number of sulfonamides is 2. The highest BCUT2D eigenvalue weighted by atomic mass is 32.2. The first-order chi connectivity index (χ1) is 40.8. The molecular formula is C62H65N6O15S4+. The van der Waals surface area contributed by atoms with Crippen molar-refractivity contribution < 1.29 is 71.6 Å². The van der Waals surface area contributed by atoms with Gasteiger partial charge in [0.25, 0.3) is 42.1 Å². The summed E-state index contributed by atoms with van der Waals surface area (Å²) in [6.45, 7) is 12.9. The van der Waals surface area contributed by atoms with Gasteiger partial charge in [-0.15, -0.1) is 0 Å². The standard InChI is InChI=1S/C62H64N6O15S4/c1-36-19-25-41(26-20-36)85(75,76)68(28-12-18-50(69)70)60(72)52-42-14-8-10-16-48(42)67(49-17-11-9-15-43(49)52)27-13-33-84(73,74)66-31-29-65(30-32-66)59(71)40-23-21-39(22-24-40)51-44-34-46-53(63-37(2)61(46,4)5)57(86(77,78)79)55(44)83-56-45(51)35-47-54(58(56)87(80,81)82)64-38(3)62(47,6)7/h8-11,14-17,19-26,34-35,37-38H,12-13,18,27-33H2,1-7H3,(H3-,63,64,69,70,77,78,79,80,81,82)/p+1. The maximum atomic E-state index is 14.9. The van der Waals surface area contributed by atoms with Crippen LogP contribution in [0.25, 0.3) is 27.4 Å². The van der Waals surface area contributed by atoms with E-state index in [1.54, 1.807) is 111 Å². The third-order valence-electron chi connectivity index (χ3n) is 17.8. The first-order valence-electron chi connectivity index (χ1n) is 28.3. The number of aliphatic carboxylic acids is 1. The SMILES string of the molecule is Cc1ccc(S(=O)(=O)N(CCCC(=O)O)C(=O)c2c3ccccc3[n+](CCCS(=O)(=O)N3CCN(C(=O)c4ccc(C5=c6cc7c(c(S(=O)(=O)O)c6Oc6c5cc5c(c6S(=O)(=O)O)NC(C)C5(C)C)=NC(C)C7(C)C)cc4)CC3)c3ccccc23)cc1. The van der Waals surface area contributed by atoms with Crippen LogP contribution in [0.5, 0.6) is 11.5 Å². The third-order valence-corrected chi connectivity index (χ3v) is 23.3. The van der Waals surface area contributed by atoms with Gasteiger partial charge in [0, 0.05) is 96.5 Å². The number of ether oxygens (including phenoxy) is 1. The number of aryl methyl sites for hydroxylation is 2. The molecule has 2 unspecified atom stereocenters. The summed E-state index contributed by atoms with van der Waals surface area (Å²) >= 11 is 0. The summed E-state index contributed by atoms with van der Waals surface area (Å²) < 4.78 is 143. The van der Waals surface area contributed by atoms with Crippen molar-refractivity contribution in [3.8, 4) is 11.5 Å². The molecule has 11 rings (SSSR count). The molecule has 1 fully saturated rings. The van der Waals surface area contributed by atoms with E-state index in [9.17, 15) is 62.3 Å². The molecule has 0 bridgehead atoms. The average Bonchev–Trinajstić information content (AvgIpc) is 1.69. The molecule has 1 aromatic heterocycles. The van der Waals surface area contributed by atoms with Gasteiger partial charge in [0.1, 0.15) is 0 Å². The maximum absolute atomic E-state index is 14.9. The van der Waals surface area contributed by atoms with Gasteiger partial charge in [-0.3, -0.25) is 28.5 Å². The molecule has 0 spiro atoms. The zero-order chi connectivity index (χ0) is 62.7. The van der Waals surface area contributed by atoms with E-state index in [0.717, 1.165) is 9.87 Å². The van der Waals surface area contributed by atoms with E-state index in [1.165, 1.54) is 21.3 Å². The number of amides is 2. The number of para-hydroxylation sites is 2. The molecule has 21 nitrogen and oxygen atoms in total. The molecule has 1 saturated heterocycles. The quantitative estimate of drug-likeness (QED) is 0.0444. The van der Waals surface area contributed by atoms with Gasteiger partial charge < -0.3 is 20.1 Å². The molecule has 2 atom stereocenters. The molecule has 4 aliphatic heterocycles. The van der Waals surface area contributed by atoms with Crippen LogP contribution in [-0.2, 0) is 62.5 Å². The maximum Gasteiger partial charge on any atom is 0.303 e. The van der Waals surface area contributed by atoms with Crippen molar-refractivity contribution in [1.29, 1.82) is 0 Å². The lowest BCUT2D eigenvalue weighted by Gasteiger charge is -2.34. The third kappa shape index (κ3) is 10.6. The van der Waals surface area contributed by atoms with E-state index in [-0.39, 0.29) is 107 Å². The summed E-state index contributed by atoms with van der Waals surface area (Å²) in [6, 6.07) is 28.9. The van der Waals surface area contributed by atoms with Crippen molar-refractivity contribution in [2.24, 2.45) is 4.99 Å². The van der Waals surface area contributed by atoms with Crippen LogP contribution >= 0.6 is 0 Å². The highest BCUT2D eigenvalue weighted by Crippen LogP contribution is 2.53. The molecule has 2 amide bonds. The fourth-order valence-corrected chi connectivity index (χ4v) is 16.8. The van der Waals surface area contributed by atoms with Crippen LogP contribution in [0, 0.1) is 6.92 Å². The van der Waals surface area contributed by atoms with Crippen LogP contribution in [0.15, 0.2) is 129 Å². The summed E-state index contributed by atoms with van der Waals surface area (Å²) in [6.07, 6.45) is -0.385. The Labute approximate surface area is 504 Å². The molecule has 0 radical (unpaired) electrons. The Balaban J connectivity index is 0.852. The average molecular weight is 1260 g/mol. The summed E-state index contributed by atoms with van der Waals surface area (Å²) in [4.78, 5) is 45.5. The number of carbonyl (C=O) groups is 3. The van der Waals surface area contributed by atoms with Crippen LogP contribution in [-0.4, -0.2) is 130 Å². The normalized spacial score (nSPS) is 18.0. The van der Waals surface area contributed by atoms with Gasteiger partial charge in [-0.2, -0.15) is 25.7 Å². The number of rotatable bonds is 16. The Morgan fingerprint density at radius 2 is 1.33 bits per heavy atom. The molecule has 87 heavy (non-hydrogen) atoms. The predicted octanol–water partition coefficient (Wildman–Crippen LogP) is 6.70. The minimum atomic E-state index is -5.12. The number of nitrogens with one attached hydrogen (secondary N) is 1. The van der Waals surface area contributed by atoms with Gasteiger partial charge in [0.05, 0.1) is 44.1 Å². The van der Waals surface area contributed by atoms with E-state index >= 15 is 0 Å². The number of carboxylic acids is 1. The molecule has 25 heteroatoms. The van der Waals surface area contributed by atoms with Crippen molar-refractivity contribution in [3.05, 3.63) is 159 Å². The van der Waals surface area contributed by atoms with E-state index in [0.29, 0.717) is 44.1 Å². The molecule has 456 valence electrons. The van der Waals surface area contributed by atoms with Crippen molar-refractivity contribution in [2.75, 3.05) is 43.8 Å². The topological polar surface area (TPSA) is 296 Å². The first kappa shape index (κ1) is 61.0. The van der Waals surface area contributed by atoms with Gasteiger partial charge in [0.2, 0.25) is 21.1 Å². The van der Waals surface area contributed by atoms with Crippen LogP contribution in [0.2, 0.25) is 0 Å². The molecule has 5 heterocycles. The zero-order valence-electron chi connectivity index (χ0n) is 48.7. The highest BCUT2D eigenvalue weighted by molar-refractivity contribution is 7.89.